The van der Waals surface area contributed by atoms with E-state index in [4.69, 9.17) is 4.74 Å². The first-order chi connectivity index (χ1) is 14.6. The van der Waals surface area contributed by atoms with Crippen LogP contribution in [0.2, 0.25) is 0 Å². The summed E-state index contributed by atoms with van der Waals surface area (Å²) in [6.07, 6.45) is 1.56. The van der Waals surface area contributed by atoms with E-state index in [9.17, 15) is 14.4 Å². The predicted octanol–water partition coefficient (Wildman–Crippen LogP) is 2.16. The van der Waals surface area contributed by atoms with Crippen LogP contribution in [0.1, 0.15) is 39.2 Å². The molecule has 0 aromatic heterocycles. The van der Waals surface area contributed by atoms with Crippen molar-refractivity contribution in [2.24, 2.45) is 5.92 Å². The van der Waals surface area contributed by atoms with E-state index >= 15 is 0 Å². The van der Waals surface area contributed by atoms with Crippen LogP contribution in [0.4, 0.5) is 16.2 Å². The number of carbonyl (C=O) groups is 3. The van der Waals surface area contributed by atoms with E-state index in [-0.39, 0.29) is 23.9 Å². The maximum absolute atomic E-state index is 12.3. The fourth-order valence-corrected chi connectivity index (χ4v) is 4.72. The maximum Gasteiger partial charge on any atom is 0.410 e. The third kappa shape index (κ3) is 4.48. The first-order valence-electron chi connectivity index (χ1n) is 11.0. The first-order valence-corrected chi connectivity index (χ1v) is 11.0. The molecule has 168 valence electrons. The molecule has 3 aliphatic rings. The van der Waals surface area contributed by atoms with Gasteiger partial charge in [0.05, 0.1) is 0 Å². The third-order valence-corrected chi connectivity index (χ3v) is 6.16. The average molecular weight is 429 g/mol. The summed E-state index contributed by atoms with van der Waals surface area (Å²) in [5.74, 6) is 0.0297. The van der Waals surface area contributed by atoms with Crippen molar-refractivity contribution in [3.63, 3.8) is 0 Å². The van der Waals surface area contributed by atoms with Gasteiger partial charge in [-0.1, -0.05) is 6.07 Å². The van der Waals surface area contributed by atoms with Crippen LogP contribution in [0.25, 0.3) is 0 Å². The maximum atomic E-state index is 12.3. The second kappa shape index (κ2) is 8.05. The molecule has 0 saturated carbocycles. The molecule has 0 spiro atoms. The minimum atomic E-state index is -0.490. The molecule has 0 bridgehead atoms. The monoisotopic (exact) mass is 428 g/mol. The van der Waals surface area contributed by atoms with Gasteiger partial charge in [-0.15, -0.1) is 0 Å². The molecular weight excluding hydrogens is 396 g/mol. The zero-order valence-corrected chi connectivity index (χ0v) is 18.8. The predicted molar refractivity (Wildman–Crippen MR) is 118 cm³/mol. The van der Waals surface area contributed by atoms with Gasteiger partial charge < -0.3 is 19.4 Å². The summed E-state index contributed by atoms with van der Waals surface area (Å²) in [6, 6.07) is 5.98. The van der Waals surface area contributed by atoms with Crippen LogP contribution in [0.15, 0.2) is 18.2 Å². The van der Waals surface area contributed by atoms with E-state index in [2.05, 4.69) is 27.2 Å². The van der Waals surface area contributed by atoms with Gasteiger partial charge in [-0.2, -0.15) is 0 Å². The van der Waals surface area contributed by atoms with E-state index in [1.165, 1.54) is 11.3 Å². The van der Waals surface area contributed by atoms with E-state index < -0.39 is 5.60 Å². The number of imide groups is 1. The standard InChI is InChI=1S/C23H32N4O4/c1-23(2,3)31-22(30)25(4)12-15-13-26(14-15)17-6-5-7-18-16(17)10-11-27(18)19-8-9-20(28)24-21(19)29/h5-7,15,19H,8-14H2,1-4H3,(H,24,28,29). The van der Waals surface area contributed by atoms with Crippen molar-refractivity contribution in [3.05, 3.63) is 23.8 Å². The van der Waals surface area contributed by atoms with Crippen molar-refractivity contribution in [1.82, 2.24) is 10.2 Å². The number of rotatable bonds is 4. The van der Waals surface area contributed by atoms with Gasteiger partial charge in [-0.3, -0.25) is 14.9 Å². The van der Waals surface area contributed by atoms with Crippen molar-refractivity contribution < 1.29 is 19.1 Å². The molecule has 1 aromatic rings. The normalized spacial score (nSPS) is 21.5. The molecule has 1 aromatic carbocycles. The molecule has 4 rings (SSSR count). The lowest BCUT2D eigenvalue weighted by molar-refractivity contribution is -0.134. The Morgan fingerprint density at radius 2 is 1.90 bits per heavy atom. The number of anilines is 2. The second-order valence-electron chi connectivity index (χ2n) is 9.82. The molecule has 1 N–H and O–H groups in total. The Hall–Kier alpha value is -2.77. The zero-order valence-electron chi connectivity index (χ0n) is 18.8. The summed E-state index contributed by atoms with van der Waals surface area (Å²) < 4.78 is 5.44. The fraction of sp³-hybridized carbons (Fsp3) is 0.609. The Balaban J connectivity index is 1.38. The molecule has 3 heterocycles. The van der Waals surface area contributed by atoms with E-state index in [1.54, 1.807) is 11.9 Å². The highest BCUT2D eigenvalue weighted by Crippen LogP contribution is 2.39. The van der Waals surface area contributed by atoms with E-state index in [1.807, 2.05) is 26.8 Å². The SMILES string of the molecule is CN(CC1CN(c2cccc3c2CCN3C2CCC(=O)NC2=O)C1)C(=O)OC(C)(C)C. The van der Waals surface area contributed by atoms with Crippen LogP contribution in [0.3, 0.4) is 0 Å². The van der Waals surface area contributed by atoms with Crippen molar-refractivity contribution in [3.8, 4) is 0 Å². The molecule has 8 nitrogen and oxygen atoms in total. The van der Waals surface area contributed by atoms with Gasteiger partial charge in [0.2, 0.25) is 11.8 Å². The van der Waals surface area contributed by atoms with Gasteiger partial charge >= 0.3 is 6.09 Å². The van der Waals surface area contributed by atoms with Gasteiger partial charge in [-0.05, 0) is 45.7 Å². The Morgan fingerprint density at radius 3 is 2.58 bits per heavy atom. The number of nitrogens with one attached hydrogen (secondary N) is 1. The van der Waals surface area contributed by atoms with Crippen molar-refractivity contribution in [2.75, 3.05) is 43.0 Å². The second-order valence-corrected chi connectivity index (χ2v) is 9.82. The van der Waals surface area contributed by atoms with E-state index in [0.29, 0.717) is 25.3 Å². The lowest BCUT2D eigenvalue weighted by Gasteiger charge is -2.43. The molecule has 31 heavy (non-hydrogen) atoms. The number of nitrogens with zero attached hydrogens (tertiary/aromatic N) is 3. The highest BCUT2D eigenvalue weighted by Gasteiger charge is 2.37. The molecule has 1 unspecified atom stereocenters. The van der Waals surface area contributed by atoms with Gasteiger partial charge in [0, 0.05) is 62.5 Å². The van der Waals surface area contributed by atoms with Gasteiger partial charge in [0.1, 0.15) is 11.6 Å². The average Bonchev–Trinajstić information content (AvgIpc) is 3.07. The first kappa shape index (κ1) is 21.5. The number of ether oxygens (including phenoxy) is 1. The van der Waals surface area contributed by atoms with Gasteiger partial charge in [-0.25, -0.2) is 4.79 Å². The molecule has 1 atom stereocenters. The smallest absolute Gasteiger partial charge is 0.410 e. The minimum absolute atomic E-state index is 0.183. The molecule has 8 heteroatoms. The number of benzene rings is 1. The minimum Gasteiger partial charge on any atom is -0.444 e. The van der Waals surface area contributed by atoms with Crippen molar-refractivity contribution in [2.45, 2.75) is 51.7 Å². The molecular formula is C23H32N4O4. The highest BCUT2D eigenvalue weighted by atomic mass is 16.6. The molecule has 0 aliphatic carbocycles. The number of piperidine rings is 1. The van der Waals surface area contributed by atoms with Crippen molar-refractivity contribution >= 4 is 29.3 Å². The van der Waals surface area contributed by atoms with Crippen LogP contribution in [0, 0.1) is 5.92 Å². The third-order valence-electron chi connectivity index (χ3n) is 6.16. The summed E-state index contributed by atoms with van der Waals surface area (Å²) in [5, 5.41) is 2.47. The number of amides is 3. The molecule has 0 radical (unpaired) electrons. The van der Waals surface area contributed by atoms with Crippen LogP contribution in [-0.4, -0.2) is 67.7 Å². The quantitative estimate of drug-likeness (QED) is 0.740. The topological polar surface area (TPSA) is 82.2 Å². The summed E-state index contributed by atoms with van der Waals surface area (Å²) in [4.78, 5) is 42.2. The fourth-order valence-electron chi connectivity index (χ4n) is 4.72. The number of hydrogen-bond donors (Lipinski definition) is 1. The largest absolute Gasteiger partial charge is 0.444 e. The summed E-state index contributed by atoms with van der Waals surface area (Å²) in [5.41, 5.74) is 3.09. The van der Waals surface area contributed by atoms with E-state index in [0.717, 1.165) is 31.7 Å². The number of fused-ring (bicyclic) bond motifs is 1. The number of hydrogen-bond acceptors (Lipinski definition) is 6. The van der Waals surface area contributed by atoms with Gasteiger partial charge in [0.25, 0.3) is 0 Å². The van der Waals surface area contributed by atoms with Crippen LogP contribution < -0.4 is 15.1 Å². The molecule has 3 aliphatic heterocycles. The van der Waals surface area contributed by atoms with Crippen LogP contribution >= 0.6 is 0 Å². The highest BCUT2D eigenvalue weighted by molar-refractivity contribution is 6.02. The Bertz CT molecular complexity index is 888. The Labute approximate surface area is 183 Å². The van der Waals surface area contributed by atoms with Crippen molar-refractivity contribution in [1.29, 1.82) is 0 Å². The Morgan fingerprint density at radius 1 is 1.19 bits per heavy atom. The summed E-state index contributed by atoms with van der Waals surface area (Å²) >= 11 is 0. The molecule has 2 fully saturated rings. The van der Waals surface area contributed by atoms with Crippen LogP contribution in [0.5, 0.6) is 0 Å². The van der Waals surface area contributed by atoms with Crippen LogP contribution in [-0.2, 0) is 20.7 Å². The van der Waals surface area contributed by atoms with Gasteiger partial charge in [0.15, 0.2) is 0 Å². The molecule has 3 amide bonds. The summed E-state index contributed by atoms with van der Waals surface area (Å²) in [7, 11) is 1.79. The Kier molecular flexibility index (Phi) is 5.58. The number of carbonyl (C=O) groups excluding carboxylic acids is 3. The zero-order chi connectivity index (χ0) is 22.3. The lowest BCUT2D eigenvalue weighted by atomic mass is 9.96. The lowest BCUT2D eigenvalue weighted by Crippen LogP contribution is -2.52. The summed E-state index contributed by atoms with van der Waals surface area (Å²) in [6.45, 7) is 8.86. The molecule has 2 saturated heterocycles.